The van der Waals surface area contributed by atoms with Crippen molar-refractivity contribution in [3.05, 3.63) is 29.2 Å². The summed E-state index contributed by atoms with van der Waals surface area (Å²) >= 11 is 4.99. The molecule has 0 atom stereocenters. The fourth-order valence-corrected chi connectivity index (χ4v) is 1.96. The molecule has 0 spiro atoms. The minimum atomic E-state index is 0.388. The van der Waals surface area contributed by atoms with Crippen LogP contribution >= 0.6 is 12.2 Å². The first-order valence-electron chi connectivity index (χ1n) is 5.78. The zero-order valence-corrected chi connectivity index (χ0v) is 10.8. The highest BCUT2D eigenvalue weighted by Crippen LogP contribution is 2.44. The Bertz CT molecular complexity index is 671. The van der Waals surface area contributed by atoms with Gasteiger partial charge >= 0.3 is 0 Å². The molecule has 1 aliphatic rings. The van der Waals surface area contributed by atoms with Gasteiger partial charge in [-0.25, -0.2) is 4.98 Å². The molecule has 2 aromatic rings. The van der Waals surface area contributed by atoms with Crippen LogP contribution < -0.4 is 20.5 Å². The molecule has 2 heterocycles. The van der Waals surface area contributed by atoms with E-state index in [1.54, 1.807) is 6.20 Å². The summed E-state index contributed by atoms with van der Waals surface area (Å²) in [5, 5.41) is 3.21. The van der Waals surface area contributed by atoms with Gasteiger partial charge in [0.25, 0.3) is 0 Å². The Morgan fingerprint density at radius 1 is 1.37 bits per heavy atom. The number of benzene rings is 1. The lowest BCUT2D eigenvalue weighted by molar-refractivity contribution is 0.328. The van der Waals surface area contributed by atoms with Gasteiger partial charge in [0.1, 0.15) is 18.0 Å². The van der Waals surface area contributed by atoms with Gasteiger partial charge in [0.05, 0.1) is 6.20 Å². The summed E-state index contributed by atoms with van der Waals surface area (Å²) < 4.78 is 11.7. The quantitative estimate of drug-likeness (QED) is 0.637. The van der Waals surface area contributed by atoms with Crippen molar-refractivity contribution >= 4 is 23.7 Å². The third-order valence-corrected chi connectivity index (χ3v) is 2.82. The lowest BCUT2D eigenvalue weighted by atomic mass is 10.2. The molecule has 0 aliphatic carbocycles. The van der Waals surface area contributed by atoms with Gasteiger partial charge in [0.2, 0.25) is 0 Å². The average molecular weight is 276 g/mol. The summed E-state index contributed by atoms with van der Waals surface area (Å²) in [4.78, 5) is 6.92. The Balaban J connectivity index is 2.00. The van der Waals surface area contributed by atoms with Crippen LogP contribution in [0.5, 0.6) is 17.2 Å². The normalized spacial score (nSPS) is 11.8. The van der Waals surface area contributed by atoms with E-state index in [1.807, 2.05) is 18.2 Å². The molecule has 1 aromatic carbocycles. The van der Waals surface area contributed by atoms with Crippen molar-refractivity contribution in [3.63, 3.8) is 0 Å². The van der Waals surface area contributed by atoms with Crippen LogP contribution in [-0.4, -0.2) is 23.1 Å². The number of aromatic nitrogens is 2. The Kier molecular flexibility index (Phi) is 3.06. The molecule has 1 aliphatic heterocycles. The summed E-state index contributed by atoms with van der Waals surface area (Å²) in [6.45, 7) is 0.894. The molecule has 0 radical (unpaired) electrons. The first kappa shape index (κ1) is 11.9. The monoisotopic (exact) mass is 276 g/mol. The van der Waals surface area contributed by atoms with Crippen LogP contribution in [0.4, 0.5) is 11.5 Å². The number of anilines is 2. The molecular weight excluding hydrogens is 264 g/mol. The largest absolute Gasteiger partial charge is 0.490 e. The highest BCUT2D eigenvalue weighted by molar-refractivity contribution is 7.71. The number of nitrogens with two attached hydrogens (primary N) is 1. The lowest BCUT2D eigenvalue weighted by Gasteiger charge is -2.22. The van der Waals surface area contributed by atoms with Crippen LogP contribution in [0.15, 0.2) is 24.4 Å². The second-order valence-corrected chi connectivity index (χ2v) is 4.31. The smallest absolute Gasteiger partial charge is 0.198 e. The second kappa shape index (κ2) is 4.87. The van der Waals surface area contributed by atoms with Gasteiger partial charge in [0.15, 0.2) is 22.1 Å². The van der Waals surface area contributed by atoms with Crippen LogP contribution in [0.25, 0.3) is 0 Å². The van der Waals surface area contributed by atoms with Crippen LogP contribution in [0.1, 0.15) is 0 Å². The lowest BCUT2D eigenvalue weighted by Crippen LogP contribution is -2.13. The Labute approximate surface area is 114 Å². The maximum absolute atomic E-state index is 5.74. The Morgan fingerprint density at radius 2 is 2.26 bits per heavy atom. The molecule has 0 fully saturated rings. The summed E-state index contributed by atoms with van der Waals surface area (Å²) in [5.41, 5.74) is 6.19. The van der Waals surface area contributed by atoms with Gasteiger partial charge in [-0.2, -0.15) is 0 Å². The predicted octanol–water partition coefficient (Wildman–Crippen LogP) is 2.33. The zero-order chi connectivity index (χ0) is 13.2. The molecule has 0 bridgehead atoms. The third kappa shape index (κ3) is 2.25. The van der Waals surface area contributed by atoms with E-state index in [9.17, 15) is 0 Å². The molecule has 0 saturated carbocycles. The number of rotatable bonds is 3. The Hall–Kier alpha value is -2.12. The van der Waals surface area contributed by atoms with Crippen molar-refractivity contribution in [1.29, 1.82) is 0 Å². The molecular formula is C12H12N4O2S. The number of nitrogens with zero attached hydrogens (tertiary/aromatic N) is 1. The van der Waals surface area contributed by atoms with Gasteiger partial charge in [-0.15, -0.1) is 0 Å². The highest BCUT2D eigenvalue weighted by atomic mass is 32.1. The number of aromatic amines is 1. The first-order chi connectivity index (χ1) is 9.28. The number of nitrogens with one attached hydrogen (secondary N) is 2. The predicted molar refractivity (Wildman–Crippen MR) is 73.8 cm³/mol. The molecule has 6 nitrogen and oxygen atoms in total. The first-order valence-corrected chi connectivity index (χ1v) is 6.19. The van der Waals surface area contributed by atoms with E-state index in [1.165, 1.54) is 0 Å². The van der Waals surface area contributed by atoms with Crippen LogP contribution in [0.3, 0.4) is 0 Å². The number of ether oxygens (including phenoxy) is 2. The van der Waals surface area contributed by atoms with Gasteiger partial charge < -0.3 is 25.5 Å². The van der Waals surface area contributed by atoms with E-state index in [4.69, 9.17) is 27.4 Å². The molecule has 3 rings (SSSR count). The number of H-pyrrole nitrogens is 1. The van der Waals surface area contributed by atoms with Gasteiger partial charge in [-0.1, -0.05) is 6.07 Å². The van der Waals surface area contributed by atoms with Crippen molar-refractivity contribution in [3.8, 4) is 17.2 Å². The molecule has 19 heavy (non-hydrogen) atoms. The number of hydrogen-bond acceptors (Lipinski definition) is 6. The molecule has 0 saturated heterocycles. The molecule has 1 aromatic heterocycles. The zero-order valence-electron chi connectivity index (χ0n) is 9.97. The highest BCUT2D eigenvalue weighted by Gasteiger charge is 2.20. The maximum Gasteiger partial charge on any atom is 0.198 e. The van der Waals surface area contributed by atoms with Crippen molar-refractivity contribution in [2.75, 3.05) is 18.5 Å². The molecule has 4 N–H and O–H groups in total. The van der Waals surface area contributed by atoms with Crippen LogP contribution in [0.2, 0.25) is 0 Å². The fraction of sp³-hybridized carbons (Fsp3) is 0.167. The summed E-state index contributed by atoms with van der Waals surface area (Å²) in [7, 11) is 0. The van der Waals surface area contributed by atoms with Crippen molar-refractivity contribution in [2.24, 2.45) is 5.73 Å². The van der Waals surface area contributed by atoms with E-state index in [0.717, 1.165) is 5.69 Å². The van der Waals surface area contributed by atoms with Crippen molar-refractivity contribution in [1.82, 2.24) is 9.97 Å². The second-order valence-electron chi connectivity index (χ2n) is 3.92. The molecule has 98 valence electrons. The number of fused-ring (bicyclic) bond motifs is 2. The minimum Gasteiger partial charge on any atom is -0.490 e. The number of para-hydroxylation sites is 1. The summed E-state index contributed by atoms with van der Waals surface area (Å²) in [5.74, 6) is 2.62. The van der Waals surface area contributed by atoms with Crippen molar-refractivity contribution < 1.29 is 9.47 Å². The summed E-state index contributed by atoms with van der Waals surface area (Å²) in [6, 6.07) is 5.56. The van der Waals surface area contributed by atoms with Gasteiger partial charge in [-0.05, 0) is 24.4 Å². The SMILES string of the molecule is NCCOc1cccc2c1Nc1[nH]c(=S)ncc1O2. The standard InChI is InChI=1S/C12H12N4O2S/c13-4-5-17-7-2-1-3-8-10(7)15-11-9(18-8)6-14-12(19)16-11/h1-3,6H,4-5,13H2,(H2,14,15,16,19). The molecule has 7 heteroatoms. The topological polar surface area (TPSA) is 85.2 Å². The summed E-state index contributed by atoms with van der Waals surface area (Å²) in [6.07, 6.45) is 1.58. The van der Waals surface area contributed by atoms with E-state index >= 15 is 0 Å². The van der Waals surface area contributed by atoms with Gasteiger partial charge in [0, 0.05) is 6.54 Å². The minimum absolute atomic E-state index is 0.388. The van der Waals surface area contributed by atoms with Gasteiger partial charge in [-0.3, -0.25) is 0 Å². The average Bonchev–Trinajstić information content (AvgIpc) is 2.43. The van der Waals surface area contributed by atoms with E-state index in [2.05, 4.69) is 15.3 Å². The molecule has 0 unspecified atom stereocenters. The maximum atomic E-state index is 5.74. The Morgan fingerprint density at radius 3 is 3.11 bits per heavy atom. The van der Waals surface area contributed by atoms with E-state index in [-0.39, 0.29) is 0 Å². The van der Waals surface area contributed by atoms with E-state index < -0.39 is 0 Å². The van der Waals surface area contributed by atoms with E-state index in [0.29, 0.717) is 41.0 Å². The fourth-order valence-electron chi connectivity index (χ4n) is 1.80. The van der Waals surface area contributed by atoms with Crippen LogP contribution in [0, 0.1) is 4.77 Å². The number of hydrogen-bond donors (Lipinski definition) is 3. The third-order valence-electron chi connectivity index (χ3n) is 2.61. The van der Waals surface area contributed by atoms with Crippen molar-refractivity contribution in [2.45, 2.75) is 0 Å². The van der Waals surface area contributed by atoms with Crippen LogP contribution in [-0.2, 0) is 0 Å². The molecule has 0 amide bonds.